The van der Waals surface area contributed by atoms with Crippen LogP contribution < -0.4 is 11.1 Å². The molecule has 3 N–H and O–H groups in total. The Balaban J connectivity index is 2.34. The van der Waals surface area contributed by atoms with Crippen LogP contribution in [0.3, 0.4) is 0 Å². The summed E-state index contributed by atoms with van der Waals surface area (Å²) in [6, 6.07) is 8.12. The van der Waals surface area contributed by atoms with Gasteiger partial charge in [0, 0.05) is 9.26 Å². The number of benzene rings is 1. The topological polar surface area (TPSA) is 50.9 Å². The van der Waals surface area contributed by atoms with E-state index < -0.39 is 11.9 Å². The van der Waals surface area contributed by atoms with Gasteiger partial charge in [-0.15, -0.1) is 0 Å². The van der Waals surface area contributed by atoms with Gasteiger partial charge in [0.15, 0.2) is 0 Å². The number of alkyl halides is 3. The Morgan fingerprint density at radius 2 is 1.95 bits per heavy atom. The lowest BCUT2D eigenvalue weighted by Crippen LogP contribution is -2.09. The third kappa shape index (κ3) is 3.49. The average molecular weight is 379 g/mol. The van der Waals surface area contributed by atoms with Crippen LogP contribution in [-0.4, -0.2) is 4.98 Å². The first-order chi connectivity index (χ1) is 8.86. The molecule has 0 aliphatic carbocycles. The molecule has 0 saturated heterocycles. The van der Waals surface area contributed by atoms with Crippen molar-refractivity contribution in [3.8, 4) is 0 Å². The number of nitrogens with zero attached hydrogens (tertiary/aromatic N) is 1. The van der Waals surface area contributed by atoms with E-state index in [1.54, 1.807) is 18.2 Å². The number of nitrogens with two attached hydrogens (primary N) is 1. The van der Waals surface area contributed by atoms with E-state index >= 15 is 0 Å². The summed E-state index contributed by atoms with van der Waals surface area (Å²) in [7, 11) is 0. The maximum atomic E-state index is 12.6. The van der Waals surface area contributed by atoms with E-state index in [1.165, 1.54) is 0 Å². The summed E-state index contributed by atoms with van der Waals surface area (Å²) in [4.78, 5) is 3.28. The molecule has 2 rings (SSSR count). The van der Waals surface area contributed by atoms with Gasteiger partial charge in [-0.3, -0.25) is 0 Å². The third-order valence-corrected chi connectivity index (χ3v) is 3.00. The van der Waals surface area contributed by atoms with Crippen molar-refractivity contribution in [2.75, 3.05) is 11.1 Å². The van der Waals surface area contributed by atoms with Gasteiger partial charge in [0.05, 0.1) is 17.6 Å². The van der Waals surface area contributed by atoms with E-state index in [1.807, 2.05) is 6.07 Å². The van der Waals surface area contributed by atoms with Crippen LogP contribution in [0.1, 0.15) is 5.69 Å². The molecule has 0 aliphatic heterocycles. The normalized spacial score (nSPS) is 11.4. The fourth-order valence-electron chi connectivity index (χ4n) is 1.45. The van der Waals surface area contributed by atoms with Crippen molar-refractivity contribution < 1.29 is 13.2 Å². The lowest BCUT2D eigenvalue weighted by atomic mass is 10.2. The SMILES string of the molecule is Nc1cnc(C(F)(F)F)cc1Nc1cccc(I)c1. The van der Waals surface area contributed by atoms with Gasteiger partial charge in [-0.05, 0) is 46.9 Å². The van der Waals surface area contributed by atoms with Crippen LogP contribution in [-0.2, 0) is 6.18 Å². The van der Waals surface area contributed by atoms with E-state index in [4.69, 9.17) is 5.73 Å². The van der Waals surface area contributed by atoms with Gasteiger partial charge in [0.25, 0.3) is 0 Å². The van der Waals surface area contributed by atoms with E-state index in [9.17, 15) is 13.2 Å². The highest BCUT2D eigenvalue weighted by atomic mass is 127. The fraction of sp³-hybridized carbons (Fsp3) is 0.0833. The molecule has 0 fully saturated rings. The van der Waals surface area contributed by atoms with Crippen LogP contribution in [0, 0.1) is 3.57 Å². The first-order valence-corrected chi connectivity index (χ1v) is 6.29. The Labute approximate surface area is 121 Å². The molecule has 1 aromatic carbocycles. The van der Waals surface area contributed by atoms with Crippen LogP contribution in [0.15, 0.2) is 36.5 Å². The van der Waals surface area contributed by atoms with E-state index in [0.29, 0.717) is 5.69 Å². The van der Waals surface area contributed by atoms with Gasteiger partial charge < -0.3 is 11.1 Å². The Hall–Kier alpha value is -1.51. The smallest absolute Gasteiger partial charge is 0.396 e. The molecular weight excluding hydrogens is 370 g/mol. The molecule has 3 nitrogen and oxygen atoms in total. The molecular formula is C12H9F3IN3. The first kappa shape index (κ1) is 13.9. The van der Waals surface area contributed by atoms with Gasteiger partial charge in [-0.25, -0.2) is 4.98 Å². The van der Waals surface area contributed by atoms with Crippen LogP contribution in [0.4, 0.5) is 30.2 Å². The number of rotatable bonds is 2. The van der Waals surface area contributed by atoms with Crippen LogP contribution in [0.25, 0.3) is 0 Å². The molecule has 100 valence electrons. The highest BCUT2D eigenvalue weighted by molar-refractivity contribution is 14.1. The summed E-state index contributed by atoms with van der Waals surface area (Å²) in [5.74, 6) is 0. The van der Waals surface area contributed by atoms with Gasteiger partial charge in [-0.1, -0.05) is 6.07 Å². The average Bonchev–Trinajstić information content (AvgIpc) is 2.30. The number of hydrogen-bond donors (Lipinski definition) is 2. The van der Waals surface area contributed by atoms with Crippen molar-refractivity contribution in [1.82, 2.24) is 4.98 Å². The number of nitrogen functional groups attached to an aromatic ring is 1. The molecule has 0 saturated carbocycles. The Bertz CT molecular complexity index is 599. The molecule has 0 atom stereocenters. The van der Waals surface area contributed by atoms with Crippen molar-refractivity contribution in [2.45, 2.75) is 6.18 Å². The second-order valence-electron chi connectivity index (χ2n) is 3.79. The Morgan fingerprint density at radius 3 is 2.58 bits per heavy atom. The highest BCUT2D eigenvalue weighted by Gasteiger charge is 2.32. The Kier molecular flexibility index (Phi) is 3.83. The second kappa shape index (κ2) is 5.24. The number of halogens is 4. The molecule has 0 bridgehead atoms. The molecule has 0 amide bonds. The zero-order valence-electron chi connectivity index (χ0n) is 9.50. The quantitative estimate of drug-likeness (QED) is 0.775. The minimum atomic E-state index is -4.49. The van der Waals surface area contributed by atoms with Crippen molar-refractivity contribution in [3.05, 3.63) is 45.8 Å². The minimum Gasteiger partial charge on any atom is -0.396 e. The lowest BCUT2D eigenvalue weighted by Gasteiger charge is -2.12. The van der Waals surface area contributed by atoms with Crippen LogP contribution in [0.5, 0.6) is 0 Å². The predicted octanol–water partition coefficient (Wildman–Crippen LogP) is 4.03. The zero-order valence-corrected chi connectivity index (χ0v) is 11.7. The van der Waals surface area contributed by atoms with Gasteiger partial charge >= 0.3 is 6.18 Å². The molecule has 0 aliphatic rings. The molecule has 0 unspecified atom stereocenters. The lowest BCUT2D eigenvalue weighted by molar-refractivity contribution is -0.141. The molecule has 19 heavy (non-hydrogen) atoms. The first-order valence-electron chi connectivity index (χ1n) is 5.21. The third-order valence-electron chi connectivity index (χ3n) is 2.33. The minimum absolute atomic E-state index is 0.159. The number of nitrogens with one attached hydrogen (secondary N) is 1. The maximum absolute atomic E-state index is 12.6. The molecule has 0 spiro atoms. The van der Waals surface area contributed by atoms with E-state index in [-0.39, 0.29) is 11.4 Å². The van der Waals surface area contributed by atoms with E-state index in [2.05, 4.69) is 32.9 Å². The van der Waals surface area contributed by atoms with Gasteiger partial charge in [0.2, 0.25) is 0 Å². The van der Waals surface area contributed by atoms with Gasteiger partial charge in [0.1, 0.15) is 5.69 Å². The van der Waals surface area contributed by atoms with Crippen molar-refractivity contribution >= 4 is 39.7 Å². The van der Waals surface area contributed by atoms with Crippen molar-refractivity contribution in [1.29, 1.82) is 0 Å². The van der Waals surface area contributed by atoms with Gasteiger partial charge in [-0.2, -0.15) is 13.2 Å². The molecule has 1 heterocycles. The van der Waals surface area contributed by atoms with Crippen molar-refractivity contribution in [3.63, 3.8) is 0 Å². The maximum Gasteiger partial charge on any atom is 0.433 e. The number of hydrogen-bond acceptors (Lipinski definition) is 3. The monoisotopic (exact) mass is 379 g/mol. The molecule has 0 radical (unpaired) electrons. The zero-order chi connectivity index (χ0) is 14.0. The molecule has 1 aromatic heterocycles. The van der Waals surface area contributed by atoms with Crippen molar-refractivity contribution in [2.24, 2.45) is 0 Å². The van der Waals surface area contributed by atoms with Crippen LogP contribution in [0.2, 0.25) is 0 Å². The Morgan fingerprint density at radius 1 is 1.21 bits per heavy atom. The summed E-state index contributed by atoms with van der Waals surface area (Å²) in [5.41, 5.74) is 5.66. The number of aromatic nitrogens is 1. The second-order valence-corrected chi connectivity index (χ2v) is 5.04. The summed E-state index contributed by atoms with van der Waals surface area (Å²) in [6.07, 6.45) is -3.49. The standard InChI is InChI=1S/C12H9F3IN3/c13-12(14,15)11-5-10(9(17)6-18-11)19-8-3-1-2-7(16)4-8/h1-6H,17H2,(H,18,19). The number of pyridine rings is 1. The molecule has 2 aromatic rings. The summed E-state index contributed by atoms with van der Waals surface area (Å²) < 4.78 is 38.7. The summed E-state index contributed by atoms with van der Waals surface area (Å²) in [5, 5.41) is 2.86. The molecule has 7 heteroatoms. The van der Waals surface area contributed by atoms with Crippen LogP contribution >= 0.6 is 22.6 Å². The number of anilines is 3. The highest BCUT2D eigenvalue weighted by Crippen LogP contribution is 2.32. The summed E-state index contributed by atoms with van der Waals surface area (Å²) >= 11 is 2.11. The predicted molar refractivity (Wildman–Crippen MR) is 76.1 cm³/mol. The fourth-order valence-corrected chi connectivity index (χ4v) is 1.99. The summed E-state index contributed by atoms with van der Waals surface area (Å²) in [6.45, 7) is 0. The largest absolute Gasteiger partial charge is 0.433 e. The van der Waals surface area contributed by atoms with E-state index in [0.717, 1.165) is 15.8 Å².